The molecule has 2 amide bonds. The number of ether oxygens (including phenoxy) is 1. The number of aromatic nitrogens is 2. The van der Waals surface area contributed by atoms with Gasteiger partial charge in [0.2, 0.25) is 0 Å². The quantitative estimate of drug-likeness (QED) is 0.677. The minimum atomic E-state index is -0.669. The molecule has 2 aliphatic heterocycles. The first-order valence-corrected chi connectivity index (χ1v) is 9.86. The van der Waals surface area contributed by atoms with E-state index in [-0.39, 0.29) is 11.7 Å². The van der Waals surface area contributed by atoms with Crippen LogP contribution in [-0.4, -0.2) is 45.1 Å². The van der Waals surface area contributed by atoms with Gasteiger partial charge in [0, 0.05) is 13.1 Å². The Morgan fingerprint density at radius 3 is 2.52 bits per heavy atom. The van der Waals surface area contributed by atoms with Gasteiger partial charge in [0.25, 0.3) is 0 Å². The summed E-state index contributed by atoms with van der Waals surface area (Å²) in [7, 11) is 0. The van der Waals surface area contributed by atoms with Gasteiger partial charge in [-0.2, -0.15) is 0 Å². The lowest BCUT2D eigenvalue weighted by Gasteiger charge is -2.38. The molecule has 2 aromatic rings. The second-order valence-electron chi connectivity index (χ2n) is 8.51. The molecule has 1 aromatic heterocycles. The number of nitrogens with zero attached hydrogens (tertiary/aromatic N) is 4. The number of urea groups is 1. The predicted molar refractivity (Wildman–Crippen MR) is 106 cm³/mol. The van der Waals surface area contributed by atoms with Crippen LogP contribution in [0.3, 0.4) is 0 Å². The van der Waals surface area contributed by atoms with E-state index in [0.717, 1.165) is 12.8 Å². The third-order valence-electron chi connectivity index (χ3n) is 5.22. The highest BCUT2D eigenvalue weighted by atomic mass is 19.1. The molecule has 1 saturated heterocycles. The summed E-state index contributed by atoms with van der Waals surface area (Å²) in [6.07, 6.45) is 3.43. The van der Waals surface area contributed by atoms with Crippen molar-refractivity contribution in [2.75, 3.05) is 18.0 Å². The zero-order valence-corrected chi connectivity index (χ0v) is 17.1. The second kappa shape index (κ2) is 6.86. The molecule has 29 heavy (non-hydrogen) atoms. The Morgan fingerprint density at radius 1 is 1.17 bits per heavy atom. The van der Waals surface area contributed by atoms with Gasteiger partial charge < -0.3 is 9.64 Å². The zero-order valence-electron chi connectivity index (χ0n) is 17.1. The van der Waals surface area contributed by atoms with Gasteiger partial charge >= 0.3 is 12.0 Å². The molecule has 0 N–H and O–H groups in total. The highest BCUT2D eigenvalue weighted by Gasteiger charge is 2.39. The van der Waals surface area contributed by atoms with Crippen molar-refractivity contribution >= 4 is 17.7 Å². The maximum absolute atomic E-state index is 14.1. The van der Waals surface area contributed by atoms with Crippen LogP contribution in [0.4, 0.5) is 14.9 Å². The van der Waals surface area contributed by atoms with Crippen LogP contribution in [0.5, 0.6) is 0 Å². The Hall–Kier alpha value is -2.90. The van der Waals surface area contributed by atoms with Crippen LogP contribution in [0.1, 0.15) is 62.8 Å². The van der Waals surface area contributed by atoms with Gasteiger partial charge in [0.1, 0.15) is 17.7 Å². The summed E-state index contributed by atoms with van der Waals surface area (Å²) in [6.45, 7) is 8.54. The maximum atomic E-state index is 14.1. The molecule has 8 heteroatoms. The average molecular weight is 400 g/mol. The normalized spacial score (nSPS) is 18.4. The molecule has 0 aliphatic carbocycles. The molecule has 1 aromatic carbocycles. The third-order valence-corrected chi connectivity index (χ3v) is 5.22. The molecule has 7 nitrogen and oxygen atoms in total. The van der Waals surface area contributed by atoms with Gasteiger partial charge in [0.15, 0.2) is 5.69 Å². The van der Waals surface area contributed by atoms with Crippen molar-refractivity contribution < 1.29 is 18.7 Å². The van der Waals surface area contributed by atoms with Crippen LogP contribution in [0, 0.1) is 5.82 Å². The van der Waals surface area contributed by atoms with Crippen molar-refractivity contribution in [2.45, 2.75) is 52.2 Å². The summed E-state index contributed by atoms with van der Waals surface area (Å²) >= 11 is 0. The molecule has 0 saturated carbocycles. The van der Waals surface area contributed by atoms with E-state index in [1.54, 1.807) is 41.2 Å². The summed E-state index contributed by atoms with van der Waals surface area (Å²) in [5, 5.41) is 0. The molecule has 0 radical (unpaired) electrons. The highest BCUT2D eigenvalue weighted by molar-refractivity contribution is 5.98. The molecule has 4 rings (SSSR count). The number of carbonyl (C=O) groups excluding carboxylic acids is 2. The van der Waals surface area contributed by atoms with Crippen molar-refractivity contribution in [3.05, 3.63) is 41.7 Å². The van der Waals surface area contributed by atoms with Crippen LogP contribution in [-0.2, 0) is 4.74 Å². The number of rotatable bonds is 1. The van der Waals surface area contributed by atoms with Crippen LogP contribution in [0.15, 0.2) is 24.5 Å². The first-order valence-electron chi connectivity index (χ1n) is 9.86. The largest absolute Gasteiger partial charge is 0.455 e. The number of carbonyl (C=O) groups is 2. The van der Waals surface area contributed by atoms with Crippen molar-refractivity contribution in [1.29, 1.82) is 0 Å². The smallest absolute Gasteiger partial charge is 0.359 e. The molecule has 1 atom stereocenters. The van der Waals surface area contributed by atoms with E-state index in [9.17, 15) is 14.0 Å². The van der Waals surface area contributed by atoms with Crippen LogP contribution in [0.25, 0.3) is 5.69 Å². The molecule has 0 unspecified atom stereocenters. The minimum Gasteiger partial charge on any atom is -0.455 e. The SMILES string of the molecule is C[C@H]1c2c(C(=O)OC(C)(C)C)ncn2-c2ccc(F)cc2N1C(=O)N1CCCC1. The molecular weight excluding hydrogens is 375 g/mol. The van der Waals surface area contributed by atoms with Crippen molar-refractivity contribution in [1.82, 2.24) is 14.5 Å². The van der Waals surface area contributed by atoms with Gasteiger partial charge in [-0.3, -0.25) is 9.47 Å². The number of hydrogen-bond donors (Lipinski definition) is 0. The number of hydrogen-bond acceptors (Lipinski definition) is 4. The third kappa shape index (κ3) is 3.36. The standard InChI is InChI=1S/C21H25FN4O3/c1-13-18-17(19(27)29-21(2,3)4)23-12-25(18)15-8-7-14(22)11-16(15)26(13)20(28)24-9-5-6-10-24/h7-8,11-13H,5-6,9-10H2,1-4H3/t13-/m0/s1. The number of amides is 2. The average Bonchev–Trinajstić information content (AvgIpc) is 3.30. The highest BCUT2D eigenvalue weighted by Crippen LogP contribution is 2.41. The Labute approximate surface area is 169 Å². The van der Waals surface area contributed by atoms with E-state index in [4.69, 9.17) is 4.74 Å². The zero-order chi connectivity index (χ0) is 20.9. The van der Waals surface area contributed by atoms with Crippen molar-refractivity contribution in [2.24, 2.45) is 0 Å². The lowest BCUT2D eigenvalue weighted by molar-refractivity contribution is 0.00613. The molecule has 0 spiro atoms. The number of imidazole rings is 1. The Balaban J connectivity index is 1.83. The van der Waals surface area contributed by atoms with E-state index < -0.39 is 23.4 Å². The first kappa shape index (κ1) is 19.4. The predicted octanol–water partition coefficient (Wildman–Crippen LogP) is 4.06. The number of anilines is 1. The number of benzene rings is 1. The van der Waals surface area contributed by atoms with Gasteiger partial charge in [-0.15, -0.1) is 0 Å². The van der Waals surface area contributed by atoms with Gasteiger partial charge in [-0.1, -0.05) is 0 Å². The molecule has 3 heterocycles. The molecule has 154 valence electrons. The van der Waals surface area contributed by atoms with E-state index in [0.29, 0.717) is 30.2 Å². The van der Waals surface area contributed by atoms with Crippen LogP contribution >= 0.6 is 0 Å². The van der Waals surface area contributed by atoms with Gasteiger partial charge in [-0.05, 0) is 58.7 Å². The summed E-state index contributed by atoms with van der Waals surface area (Å²) < 4.78 is 21.3. The monoisotopic (exact) mass is 400 g/mol. The Morgan fingerprint density at radius 2 is 1.86 bits per heavy atom. The Bertz CT molecular complexity index is 973. The number of halogens is 1. The topological polar surface area (TPSA) is 67.7 Å². The van der Waals surface area contributed by atoms with Gasteiger partial charge in [0.05, 0.1) is 23.1 Å². The lowest BCUT2D eigenvalue weighted by Crippen LogP contribution is -2.46. The molecule has 2 aliphatic rings. The van der Waals surface area contributed by atoms with E-state index >= 15 is 0 Å². The maximum Gasteiger partial charge on any atom is 0.359 e. The fraction of sp³-hybridized carbons (Fsp3) is 0.476. The molecular formula is C21H25FN4O3. The van der Waals surface area contributed by atoms with E-state index in [1.807, 2.05) is 6.92 Å². The number of fused-ring (bicyclic) bond motifs is 3. The number of esters is 1. The summed E-state index contributed by atoms with van der Waals surface area (Å²) in [4.78, 5) is 33.7. The number of likely N-dealkylation sites (tertiary alicyclic amines) is 1. The molecule has 1 fully saturated rings. The lowest BCUT2D eigenvalue weighted by atomic mass is 10.0. The molecule has 0 bridgehead atoms. The summed E-state index contributed by atoms with van der Waals surface area (Å²) in [5.74, 6) is -0.969. The van der Waals surface area contributed by atoms with Gasteiger partial charge in [-0.25, -0.2) is 19.0 Å². The Kier molecular flexibility index (Phi) is 4.59. The summed E-state index contributed by atoms with van der Waals surface area (Å²) in [5.41, 5.74) is 1.13. The summed E-state index contributed by atoms with van der Waals surface area (Å²) in [6, 6.07) is 3.59. The van der Waals surface area contributed by atoms with Crippen LogP contribution in [0.2, 0.25) is 0 Å². The van der Waals surface area contributed by atoms with Crippen molar-refractivity contribution in [3.8, 4) is 5.69 Å². The minimum absolute atomic E-state index is 0.168. The van der Waals surface area contributed by atoms with Crippen LogP contribution < -0.4 is 4.90 Å². The first-order chi connectivity index (χ1) is 13.7. The second-order valence-corrected chi connectivity index (χ2v) is 8.51. The fourth-order valence-electron chi connectivity index (χ4n) is 3.99. The van der Waals surface area contributed by atoms with E-state index in [1.165, 1.54) is 18.5 Å². The van der Waals surface area contributed by atoms with E-state index in [2.05, 4.69) is 4.98 Å². The fourth-order valence-corrected chi connectivity index (χ4v) is 3.99. The van der Waals surface area contributed by atoms with Crippen molar-refractivity contribution in [3.63, 3.8) is 0 Å².